The Hall–Kier alpha value is -1.43. The summed E-state index contributed by atoms with van der Waals surface area (Å²) in [5.74, 6) is 3.02. The molecular formula is C30H34BrP. The zero-order valence-electron chi connectivity index (χ0n) is 18.9. The third kappa shape index (κ3) is 3.26. The predicted octanol–water partition coefficient (Wildman–Crippen LogP) is 7.43. The van der Waals surface area contributed by atoms with Gasteiger partial charge in [-0.1, -0.05) is 0 Å². The standard InChI is InChI=1S/C30H34BrP/c31-32(27-10-4-1-5-11-27,28-12-6-2-7-13-28,29-14-8-3-9-15-29)17-16-30-21-24-18-25(22-30)20-26(19-24)23-30/h1-15,24-26H,16-23H2. The van der Waals surface area contributed by atoms with Crippen LogP contribution in [0.3, 0.4) is 0 Å². The van der Waals surface area contributed by atoms with Crippen molar-refractivity contribution in [2.45, 2.75) is 44.9 Å². The molecule has 0 amide bonds. The fourth-order valence-electron chi connectivity index (χ4n) is 8.09. The molecule has 4 bridgehead atoms. The summed E-state index contributed by atoms with van der Waals surface area (Å²) in [6, 6.07) is 34.2. The van der Waals surface area contributed by atoms with Gasteiger partial charge in [0, 0.05) is 0 Å². The van der Waals surface area contributed by atoms with Crippen molar-refractivity contribution in [3.63, 3.8) is 0 Å². The molecule has 0 atom stereocenters. The molecule has 4 fully saturated rings. The van der Waals surface area contributed by atoms with Gasteiger partial charge in [-0.25, -0.2) is 0 Å². The van der Waals surface area contributed by atoms with Crippen LogP contribution in [0.4, 0.5) is 0 Å². The van der Waals surface area contributed by atoms with Crippen LogP contribution >= 0.6 is 20.8 Å². The molecule has 4 aliphatic carbocycles. The molecule has 0 aliphatic heterocycles. The van der Waals surface area contributed by atoms with E-state index in [1.54, 1.807) is 0 Å². The Bertz CT molecular complexity index is 941. The molecule has 0 heterocycles. The summed E-state index contributed by atoms with van der Waals surface area (Å²) in [7, 11) is 0. The summed E-state index contributed by atoms with van der Waals surface area (Å²) >= 11 is 4.69. The Balaban J connectivity index is 1.50. The van der Waals surface area contributed by atoms with Crippen LogP contribution in [0.2, 0.25) is 0 Å². The van der Waals surface area contributed by atoms with Gasteiger partial charge in [-0.05, 0) is 0 Å². The maximum absolute atomic E-state index is 4.69. The van der Waals surface area contributed by atoms with Crippen molar-refractivity contribution < 1.29 is 0 Å². The Labute approximate surface area is 201 Å². The van der Waals surface area contributed by atoms with Crippen LogP contribution in [-0.4, -0.2) is 6.16 Å². The fraction of sp³-hybridized carbons (Fsp3) is 0.400. The monoisotopic (exact) mass is 504 g/mol. The molecule has 0 unspecified atom stereocenters. The van der Waals surface area contributed by atoms with Gasteiger partial charge in [0.1, 0.15) is 0 Å². The summed E-state index contributed by atoms with van der Waals surface area (Å²) in [6.45, 7) is 0. The predicted molar refractivity (Wildman–Crippen MR) is 144 cm³/mol. The first-order valence-corrected chi connectivity index (χ1v) is 16.9. The van der Waals surface area contributed by atoms with Gasteiger partial charge in [0.15, 0.2) is 0 Å². The first-order chi connectivity index (χ1) is 15.6. The summed E-state index contributed by atoms with van der Waals surface area (Å²) in [5, 5.41) is 1.64. The van der Waals surface area contributed by atoms with Crippen LogP contribution in [0.5, 0.6) is 0 Å². The summed E-state index contributed by atoms with van der Waals surface area (Å²) in [4.78, 5) is 0. The van der Waals surface area contributed by atoms with Crippen LogP contribution in [0.15, 0.2) is 91.0 Å². The van der Waals surface area contributed by atoms with E-state index in [0.29, 0.717) is 5.41 Å². The molecular weight excluding hydrogens is 471 g/mol. The van der Waals surface area contributed by atoms with Gasteiger partial charge in [-0.15, -0.1) is 0 Å². The number of hydrogen-bond donors (Lipinski definition) is 0. The molecule has 3 aromatic rings. The zero-order chi connectivity index (χ0) is 21.7. The van der Waals surface area contributed by atoms with Crippen molar-refractivity contribution in [1.82, 2.24) is 0 Å². The zero-order valence-corrected chi connectivity index (χ0v) is 21.4. The second-order valence-corrected chi connectivity index (χ2v) is 20.1. The van der Waals surface area contributed by atoms with Gasteiger partial charge in [-0.2, -0.15) is 0 Å². The topological polar surface area (TPSA) is 0 Å². The Morgan fingerprint density at radius 1 is 0.594 bits per heavy atom. The third-order valence-corrected chi connectivity index (χ3v) is 19.0. The van der Waals surface area contributed by atoms with E-state index in [0.717, 1.165) is 17.8 Å². The summed E-state index contributed by atoms with van der Waals surface area (Å²) < 4.78 is 0. The second-order valence-electron chi connectivity index (χ2n) is 11.1. The van der Waals surface area contributed by atoms with Crippen molar-refractivity contribution >= 4 is 36.7 Å². The fourth-order valence-corrected chi connectivity index (χ4v) is 15.7. The minimum atomic E-state index is -2.78. The number of rotatable bonds is 6. The SMILES string of the molecule is BrP(CCC12CC3CC(CC(C3)C1)C2)(c1ccccc1)(c1ccccc1)c1ccccc1. The van der Waals surface area contributed by atoms with Crippen molar-refractivity contribution in [1.29, 1.82) is 0 Å². The molecule has 7 rings (SSSR count). The molecule has 0 nitrogen and oxygen atoms in total. The quantitative estimate of drug-likeness (QED) is 0.306. The van der Waals surface area contributed by atoms with E-state index >= 15 is 0 Å². The van der Waals surface area contributed by atoms with E-state index in [9.17, 15) is 0 Å². The molecule has 4 aliphatic rings. The molecule has 0 aromatic heterocycles. The molecule has 0 spiro atoms. The van der Waals surface area contributed by atoms with Crippen LogP contribution in [-0.2, 0) is 0 Å². The van der Waals surface area contributed by atoms with Crippen molar-refractivity contribution in [2.75, 3.05) is 6.16 Å². The van der Waals surface area contributed by atoms with E-state index in [-0.39, 0.29) is 0 Å². The van der Waals surface area contributed by atoms with Gasteiger partial charge in [-0.3, -0.25) is 0 Å². The van der Waals surface area contributed by atoms with Crippen LogP contribution in [0.1, 0.15) is 44.9 Å². The van der Waals surface area contributed by atoms with Crippen LogP contribution in [0, 0.1) is 23.2 Å². The first-order valence-electron chi connectivity index (χ1n) is 12.5. The van der Waals surface area contributed by atoms with E-state index < -0.39 is 5.31 Å². The molecule has 0 N–H and O–H groups in total. The summed E-state index contributed by atoms with van der Waals surface area (Å²) in [5.41, 5.74) is 0.573. The van der Waals surface area contributed by atoms with Crippen LogP contribution in [0.25, 0.3) is 0 Å². The molecule has 32 heavy (non-hydrogen) atoms. The van der Waals surface area contributed by atoms with Gasteiger partial charge >= 0.3 is 202 Å². The molecule has 3 aromatic carbocycles. The summed E-state index contributed by atoms with van der Waals surface area (Å²) in [6.07, 6.45) is 11.6. The van der Waals surface area contributed by atoms with Crippen LogP contribution < -0.4 is 15.9 Å². The van der Waals surface area contributed by atoms with Gasteiger partial charge in [0.05, 0.1) is 0 Å². The third-order valence-electron chi connectivity index (χ3n) is 9.11. The van der Waals surface area contributed by atoms with Crippen molar-refractivity contribution in [3.05, 3.63) is 91.0 Å². The van der Waals surface area contributed by atoms with E-state index in [4.69, 9.17) is 0 Å². The number of hydrogen-bond acceptors (Lipinski definition) is 0. The van der Waals surface area contributed by atoms with E-state index in [1.165, 1.54) is 67.0 Å². The first kappa shape index (κ1) is 21.1. The van der Waals surface area contributed by atoms with Gasteiger partial charge in [0.2, 0.25) is 0 Å². The van der Waals surface area contributed by atoms with E-state index in [1.807, 2.05) is 0 Å². The Kier molecular flexibility index (Phi) is 5.16. The Morgan fingerprint density at radius 3 is 1.28 bits per heavy atom. The average Bonchev–Trinajstić information content (AvgIpc) is 2.84. The molecule has 0 saturated heterocycles. The van der Waals surface area contributed by atoms with Crippen molar-refractivity contribution in [2.24, 2.45) is 23.2 Å². The normalized spacial score (nSPS) is 30.0. The Morgan fingerprint density at radius 2 is 0.938 bits per heavy atom. The minimum absolute atomic E-state index is 0.573. The van der Waals surface area contributed by atoms with E-state index in [2.05, 4.69) is 106 Å². The molecule has 4 saturated carbocycles. The molecule has 0 radical (unpaired) electrons. The molecule has 166 valence electrons. The van der Waals surface area contributed by atoms with Gasteiger partial charge in [0.25, 0.3) is 0 Å². The average molecular weight is 505 g/mol. The van der Waals surface area contributed by atoms with Gasteiger partial charge < -0.3 is 0 Å². The maximum atomic E-state index is 4.69. The van der Waals surface area contributed by atoms with Crippen molar-refractivity contribution in [3.8, 4) is 0 Å². The number of halogens is 1. The number of benzene rings is 3. The molecule has 2 heteroatoms. The second kappa shape index (κ2) is 7.82.